The number of aromatic amines is 1. The van der Waals surface area contributed by atoms with Crippen LogP contribution in [0.15, 0.2) is 60.8 Å². The van der Waals surface area contributed by atoms with Crippen molar-refractivity contribution >= 4 is 17.5 Å². The zero-order valence-corrected chi connectivity index (χ0v) is 13.5. The van der Waals surface area contributed by atoms with E-state index in [1.54, 1.807) is 12.1 Å². The Morgan fingerprint density at radius 1 is 1.17 bits per heavy atom. The van der Waals surface area contributed by atoms with Crippen LogP contribution >= 0.6 is 11.6 Å². The Morgan fingerprint density at radius 3 is 2.54 bits per heavy atom. The van der Waals surface area contributed by atoms with Crippen LogP contribution in [-0.2, 0) is 0 Å². The number of nitrogens with one attached hydrogen (secondary N) is 2. The van der Waals surface area contributed by atoms with E-state index >= 15 is 0 Å². The molecule has 0 radical (unpaired) electrons. The van der Waals surface area contributed by atoms with E-state index in [1.165, 1.54) is 6.20 Å². The molecule has 0 aliphatic carbocycles. The highest BCUT2D eigenvalue weighted by Gasteiger charge is 2.19. The number of aliphatic hydroxyl groups excluding tert-OH is 1. The Balaban J connectivity index is 1.83. The van der Waals surface area contributed by atoms with Crippen LogP contribution in [0.1, 0.15) is 22.0 Å². The average molecular weight is 342 g/mol. The maximum absolute atomic E-state index is 12.6. The molecule has 0 aliphatic rings. The van der Waals surface area contributed by atoms with Gasteiger partial charge in [-0.3, -0.25) is 9.89 Å². The van der Waals surface area contributed by atoms with Crippen molar-refractivity contribution in [3.63, 3.8) is 0 Å². The van der Waals surface area contributed by atoms with Crippen LogP contribution in [0.4, 0.5) is 0 Å². The van der Waals surface area contributed by atoms with Gasteiger partial charge >= 0.3 is 0 Å². The fourth-order valence-corrected chi connectivity index (χ4v) is 2.58. The van der Waals surface area contributed by atoms with Crippen molar-refractivity contribution < 1.29 is 9.90 Å². The molecular formula is C18H16ClN3O2. The topological polar surface area (TPSA) is 78.0 Å². The van der Waals surface area contributed by atoms with Gasteiger partial charge in [-0.05, 0) is 17.7 Å². The van der Waals surface area contributed by atoms with Gasteiger partial charge in [-0.2, -0.15) is 5.10 Å². The average Bonchev–Trinajstić information content (AvgIpc) is 3.10. The fourth-order valence-electron chi connectivity index (χ4n) is 2.45. The molecule has 24 heavy (non-hydrogen) atoms. The van der Waals surface area contributed by atoms with Crippen molar-refractivity contribution in [1.29, 1.82) is 0 Å². The summed E-state index contributed by atoms with van der Waals surface area (Å²) >= 11 is 5.90. The maximum atomic E-state index is 12.6. The SMILES string of the molecule is O=C(NC(CO)c1ccccc1)c1cn[nH]c1-c1ccc(Cl)cc1. The van der Waals surface area contributed by atoms with Crippen molar-refractivity contribution in [3.8, 4) is 11.3 Å². The van der Waals surface area contributed by atoms with Gasteiger partial charge in [0.15, 0.2) is 0 Å². The Kier molecular flexibility index (Phi) is 4.93. The molecule has 1 aromatic heterocycles. The van der Waals surface area contributed by atoms with Gasteiger partial charge in [0.1, 0.15) is 0 Å². The molecule has 0 saturated carbocycles. The number of aliphatic hydroxyl groups is 1. The number of nitrogens with zero attached hydrogens (tertiary/aromatic N) is 1. The number of halogens is 1. The molecule has 0 spiro atoms. The summed E-state index contributed by atoms with van der Waals surface area (Å²) in [6.07, 6.45) is 1.47. The normalized spacial score (nSPS) is 11.9. The van der Waals surface area contributed by atoms with Gasteiger partial charge in [0.2, 0.25) is 0 Å². The maximum Gasteiger partial charge on any atom is 0.255 e. The van der Waals surface area contributed by atoms with Gasteiger partial charge in [-0.1, -0.05) is 54.1 Å². The molecule has 1 atom stereocenters. The number of carbonyl (C=O) groups is 1. The van der Waals surface area contributed by atoms with Crippen LogP contribution in [0, 0.1) is 0 Å². The molecule has 0 fully saturated rings. The van der Waals surface area contributed by atoms with Gasteiger partial charge in [-0.25, -0.2) is 0 Å². The second-order valence-electron chi connectivity index (χ2n) is 5.28. The highest BCUT2D eigenvalue weighted by atomic mass is 35.5. The molecule has 2 aromatic carbocycles. The molecular weight excluding hydrogens is 326 g/mol. The van der Waals surface area contributed by atoms with Gasteiger partial charge in [-0.15, -0.1) is 0 Å². The summed E-state index contributed by atoms with van der Waals surface area (Å²) in [4.78, 5) is 12.6. The first kappa shape index (κ1) is 16.2. The zero-order chi connectivity index (χ0) is 16.9. The highest BCUT2D eigenvalue weighted by molar-refractivity contribution is 6.30. The molecule has 0 bridgehead atoms. The van der Waals surface area contributed by atoms with Gasteiger partial charge < -0.3 is 10.4 Å². The molecule has 0 saturated heterocycles. The van der Waals surface area contributed by atoms with Gasteiger partial charge in [0.05, 0.1) is 30.1 Å². The third-order valence-electron chi connectivity index (χ3n) is 3.71. The van der Waals surface area contributed by atoms with E-state index in [0.29, 0.717) is 16.3 Å². The molecule has 5 nitrogen and oxygen atoms in total. The summed E-state index contributed by atoms with van der Waals surface area (Å²) in [5, 5.41) is 19.8. The van der Waals surface area contributed by atoms with Gasteiger partial charge in [0, 0.05) is 10.6 Å². The minimum Gasteiger partial charge on any atom is -0.394 e. The predicted molar refractivity (Wildman–Crippen MR) is 92.8 cm³/mol. The van der Waals surface area contributed by atoms with E-state index in [4.69, 9.17) is 11.6 Å². The van der Waals surface area contributed by atoms with E-state index in [-0.39, 0.29) is 12.5 Å². The summed E-state index contributed by atoms with van der Waals surface area (Å²) in [6, 6.07) is 16.0. The van der Waals surface area contributed by atoms with Gasteiger partial charge in [0.25, 0.3) is 5.91 Å². The molecule has 1 heterocycles. The lowest BCUT2D eigenvalue weighted by atomic mass is 10.1. The van der Waals surface area contributed by atoms with Crippen LogP contribution in [0.2, 0.25) is 5.02 Å². The van der Waals surface area contributed by atoms with Crippen LogP contribution in [-0.4, -0.2) is 27.8 Å². The van der Waals surface area contributed by atoms with Crippen molar-refractivity contribution in [2.75, 3.05) is 6.61 Å². The molecule has 6 heteroatoms. The second kappa shape index (κ2) is 7.29. The van der Waals surface area contributed by atoms with Crippen LogP contribution in [0.25, 0.3) is 11.3 Å². The van der Waals surface area contributed by atoms with Crippen molar-refractivity contribution in [1.82, 2.24) is 15.5 Å². The predicted octanol–water partition coefficient (Wildman–Crippen LogP) is 3.19. The molecule has 3 aromatic rings. The quantitative estimate of drug-likeness (QED) is 0.667. The lowest BCUT2D eigenvalue weighted by molar-refractivity contribution is 0.0917. The van der Waals surface area contributed by atoms with E-state index in [2.05, 4.69) is 15.5 Å². The van der Waals surface area contributed by atoms with E-state index in [0.717, 1.165) is 11.1 Å². The lowest BCUT2D eigenvalue weighted by Crippen LogP contribution is -2.30. The number of H-pyrrole nitrogens is 1. The highest BCUT2D eigenvalue weighted by Crippen LogP contribution is 2.23. The first-order valence-corrected chi connectivity index (χ1v) is 7.83. The van der Waals surface area contributed by atoms with Crippen LogP contribution in [0.5, 0.6) is 0 Å². The number of amides is 1. The Labute approximate surface area is 144 Å². The first-order chi connectivity index (χ1) is 11.7. The van der Waals surface area contributed by atoms with Crippen LogP contribution < -0.4 is 5.32 Å². The summed E-state index contributed by atoms with van der Waals surface area (Å²) in [6.45, 7) is -0.191. The van der Waals surface area contributed by atoms with E-state index < -0.39 is 6.04 Å². The third kappa shape index (κ3) is 3.48. The second-order valence-corrected chi connectivity index (χ2v) is 5.72. The molecule has 122 valence electrons. The standard InChI is InChI=1S/C18H16ClN3O2/c19-14-8-6-13(7-9-14)17-15(10-20-22-17)18(24)21-16(11-23)12-4-2-1-3-5-12/h1-10,16,23H,11H2,(H,20,22)(H,21,24). The zero-order valence-electron chi connectivity index (χ0n) is 12.7. The number of benzene rings is 2. The van der Waals surface area contributed by atoms with Crippen molar-refractivity contribution in [3.05, 3.63) is 76.9 Å². The molecule has 0 aliphatic heterocycles. The van der Waals surface area contributed by atoms with Crippen molar-refractivity contribution in [2.24, 2.45) is 0 Å². The lowest BCUT2D eigenvalue weighted by Gasteiger charge is -2.16. The third-order valence-corrected chi connectivity index (χ3v) is 3.96. The molecule has 3 rings (SSSR count). The fraction of sp³-hybridized carbons (Fsp3) is 0.111. The molecule has 3 N–H and O–H groups in total. The number of rotatable bonds is 5. The molecule has 1 amide bonds. The molecule has 1 unspecified atom stereocenters. The van der Waals surface area contributed by atoms with Crippen LogP contribution in [0.3, 0.4) is 0 Å². The number of hydrogen-bond donors (Lipinski definition) is 3. The summed E-state index contributed by atoms with van der Waals surface area (Å²) in [7, 11) is 0. The summed E-state index contributed by atoms with van der Waals surface area (Å²) < 4.78 is 0. The Bertz CT molecular complexity index is 816. The number of carbonyl (C=O) groups excluding carboxylic acids is 1. The van der Waals surface area contributed by atoms with E-state index in [9.17, 15) is 9.90 Å². The summed E-state index contributed by atoms with van der Waals surface area (Å²) in [5.41, 5.74) is 2.66. The summed E-state index contributed by atoms with van der Waals surface area (Å²) in [5.74, 6) is -0.309. The Morgan fingerprint density at radius 2 is 1.88 bits per heavy atom. The van der Waals surface area contributed by atoms with E-state index in [1.807, 2.05) is 42.5 Å². The monoisotopic (exact) mass is 341 g/mol. The van der Waals surface area contributed by atoms with Crippen molar-refractivity contribution in [2.45, 2.75) is 6.04 Å². The minimum absolute atomic E-state index is 0.191. The largest absolute Gasteiger partial charge is 0.394 e. The minimum atomic E-state index is -0.480. The number of aromatic nitrogens is 2. The first-order valence-electron chi connectivity index (χ1n) is 7.45. The Hall–Kier alpha value is -2.63. The smallest absolute Gasteiger partial charge is 0.255 e. The number of hydrogen-bond acceptors (Lipinski definition) is 3.